The van der Waals surface area contributed by atoms with E-state index in [2.05, 4.69) is 20.3 Å². The molecule has 2 aliphatic rings. The summed E-state index contributed by atoms with van der Waals surface area (Å²) in [5.41, 5.74) is 0.115. The van der Waals surface area contributed by atoms with Crippen molar-refractivity contribution >= 4 is 11.9 Å². The van der Waals surface area contributed by atoms with Crippen LogP contribution in [0, 0.1) is 11.7 Å². The Kier molecular flexibility index (Phi) is 5.45. The first-order valence-electron chi connectivity index (χ1n) is 10.1. The molecule has 2 aromatic heterocycles. The molecule has 154 valence electrons. The van der Waals surface area contributed by atoms with Crippen LogP contribution in [-0.2, 0) is 15.1 Å². The number of nitrogens with zero attached hydrogens (tertiary/aromatic N) is 3. The van der Waals surface area contributed by atoms with Crippen molar-refractivity contribution in [1.82, 2.24) is 15.0 Å². The summed E-state index contributed by atoms with van der Waals surface area (Å²) in [4.78, 5) is 24.5. The minimum absolute atomic E-state index is 0.0630. The average molecular weight is 400 g/mol. The molecule has 29 heavy (non-hydrogen) atoms. The van der Waals surface area contributed by atoms with Crippen molar-refractivity contribution in [2.24, 2.45) is 5.92 Å². The molecular weight excluding hydrogens is 375 g/mol. The van der Waals surface area contributed by atoms with E-state index in [1.54, 1.807) is 18.2 Å². The molecule has 7 nitrogen and oxygen atoms in total. The van der Waals surface area contributed by atoms with Crippen LogP contribution in [0.15, 0.2) is 24.4 Å². The Morgan fingerprint density at radius 1 is 1.24 bits per heavy atom. The van der Waals surface area contributed by atoms with Gasteiger partial charge in [0, 0.05) is 6.04 Å². The number of methoxy groups -OCH3 is 1. The first kappa shape index (κ1) is 19.7. The summed E-state index contributed by atoms with van der Waals surface area (Å²) in [6, 6.07) is 5.32. The first-order chi connectivity index (χ1) is 14.0. The largest absolute Gasteiger partial charge is 0.469 e. The molecule has 2 fully saturated rings. The van der Waals surface area contributed by atoms with Crippen LogP contribution in [0.25, 0.3) is 11.4 Å². The molecule has 0 saturated heterocycles. The molecule has 0 aliphatic heterocycles. The second-order valence-electron chi connectivity index (χ2n) is 7.90. The minimum atomic E-state index is -0.918. The molecule has 0 radical (unpaired) electrons. The van der Waals surface area contributed by atoms with Crippen LogP contribution in [0.5, 0.6) is 0 Å². The van der Waals surface area contributed by atoms with Gasteiger partial charge >= 0.3 is 5.97 Å². The second kappa shape index (κ2) is 8.02. The van der Waals surface area contributed by atoms with Crippen LogP contribution in [0.3, 0.4) is 0 Å². The summed E-state index contributed by atoms with van der Waals surface area (Å²) in [5, 5.41) is 13.8. The van der Waals surface area contributed by atoms with E-state index in [-0.39, 0.29) is 23.6 Å². The molecule has 0 bridgehead atoms. The highest BCUT2D eigenvalue weighted by Gasteiger charge is 2.37. The van der Waals surface area contributed by atoms with Gasteiger partial charge in [-0.15, -0.1) is 0 Å². The SMILES string of the molecule is COC(=O)[C@H]1CC[C@H](Nc2ncc(F)c(-c3cccc(C4(O)CCC4)n3)n2)CC1. The quantitative estimate of drug-likeness (QED) is 0.744. The van der Waals surface area contributed by atoms with E-state index in [9.17, 15) is 14.3 Å². The zero-order valence-corrected chi connectivity index (χ0v) is 16.4. The van der Waals surface area contributed by atoms with Crippen molar-refractivity contribution < 1.29 is 19.0 Å². The predicted octanol–water partition coefficient (Wildman–Crippen LogP) is 3.19. The van der Waals surface area contributed by atoms with E-state index in [0.717, 1.165) is 38.3 Å². The number of pyridine rings is 1. The van der Waals surface area contributed by atoms with Crippen molar-refractivity contribution in [1.29, 1.82) is 0 Å². The van der Waals surface area contributed by atoms with Crippen LogP contribution >= 0.6 is 0 Å². The third-order valence-corrected chi connectivity index (χ3v) is 5.99. The standard InChI is InChI=1S/C21H25FN4O3/c1-29-19(27)13-6-8-14(9-7-13)24-20-23-12-15(22)18(26-20)16-4-2-5-17(25-16)21(28)10-3-11-21/h2,4-5,12-14,28H,3,6-11H2,1H3,(H,23,24,26)/t13-,14-. The Morgan fingerprint density at radius 3 is 2.66 bits per heavy atom. The minimum Gasteiger partial charge on any atom is -0.469 e. The number of aromatic nitrogens is 3. The van der Waals surface area contributed by atoms with Gasteiger partial charge in [-0.1, -0.05) is 6.07 Å². The fourth-order valence-electron chi connectivity index (χ4n) is 4.03. The normalized spacial score (nSPS) is 23.1. The molecule has 2 heterocycles. The van der Waals surface area contributed by atoms with Crippen molar-refractivity contribution in [3.8, 4) is 11.4 Å². The van der Waals surface area contributed by atoms with Crippen LogP contribution < -0.4 is 5.32 Å². The number of hydrogen-bond acceptors (Lipinski definition) is 7. The molecule has 0 aromatic carbocycles. The van der Waals surface area contributed by atoms with Crippen molar-refractivity contribution in [3.63, 3.8) is 0 Å². The molecule has 2 N–H and O–H groups in total. The third kappa shape index (κ3) is 4.07. The smallest absolute Gasteiger partial charge is 0.308 e. The van der Waals surface area contributed by atoms with Gasteiger partial charge in [0.05, 0.1) is 30.6 Å². The molecule has 8 heteroatoms. The fourth-order valence-corrected chi connectivity index (χ4v) is 4.03. The Bertz CT molecular complexity index is 895. The van der Waals surface area contributed by atoms with Gasteiger partial charge < -0.3 is 15.2 Å². The van der Waals surface area contributed by atoms with E-state index < -0.39 is 11.4 Å². The summed E-state index contributed by atoms with van der Waals surface area (Å²) < 4.78 is 19.2. The Balaban J connectivity index is 1.49. The maximum Gasteiger partial charge on any atom is 0.308 e. The molecule has 0 amide bonds. The molecule has 0 spiro atoms. The molecule has 2 aromatic rings. The van der Waals surface area contributed by atoms with Gasteiger partial charge in [-0.25, -0.2) is 19.3 Å². The average Bonchev–Trinajstić information content (AvgIpc) is 2.73. The topological polar surface area (TPSA) is 97.2 Å². The Hall–Kier alpha value is -2.61. The van der Waals surface area contributed by atoms with Crippen LogP contribution in [0.4, 0.5) is 10.3 Å². The highest BCUT2D eigenvalue weighted by Crippen LogP contribution is 2.40. The van der Waals surface area contributed by atoms with Crippen molar-refractivity contribution in [3.05, 3.63) is 35.9 Å². The predicted molar refractivity (Wildman–Crippen MR) is 104 cm³/mol. The fraction of sp³-hybridized carbons (Fsp3) is 0.524. The number of anilines is 1. The van der Waals surface area contributed by atoms with E-state index in [1.165, 1.54) is 7.11 Å². The number of rotatable bonds is 5. The molecular formula is C21H25FN4O3. The number of halogens is 1. The highest BCUT2D eigenvalue weighted by molar-refractivity contribution is 5.72. The number of aliphatic hydroxyl groups is 1. The molecule has 2 saturated carbocycles. The van der Waals surface area contributed by atoms with Crippen LogP contribution in [0.2, 0.25) is 0 Å². The first-order valence-corrected chi connectivity index (χ1v) is 10.1. The lowest BCUT2D eigenvalue weighted by atomic mass is 9.77. The number of ether oxygens (including phenoxy) is 1. The van der Waals surface area contributed by atoms with E-state index >= 15 is 0 Å². The van der Waals surface area contributed by atoms with Gasteiger partial charge in [0.1, 0.15) is 11.3 Å². The monoisotopic (exact) mass is 400 g/mol. The van der Waals surface area contributed by atoms with Gasteiger partial charge in [0.25, 0.3) is 0 Å². The van der Waals surface area contributed by atoms with E-state index in [1.807, 2.05) is 0 Å². The van der Waals surface area contributed by atoms with Crippen molar-refractivity contribution in [2.75, 3.05) is 12.4 Å². The zero-order chi connectivity index (χ0) is 20.4. The molecule has 4 rings (SSSR count). The maximum atomic E-state index is 14.4. The van der Waals surface area contributed by atoms with E-state index in [4.69, 9.17) is 4.74 Å². The molecule has 0 atom stereocenters. The summed E-state index contributed by atoms with van der Waals surface area (Å²) >= 11 is 0. The number of hydrogen-bond donors (Lipinski definition) is 2. The van der Waals surface area contributed by atoms with Gasteiger partial charge in [0.15, 0.2) is 5.82 Å². The number of esters is 1. The van der Waals surface area contributed by atoms with Gasteiger partial charge in [-0.2, -0.15) is 0 Å². The van der Waals surface area contributed by atoms with Crippen LogP contribution in [0.1, 0.15) is 50.6 Å². The van der Waals surface area contributed by atoms with E-state index in [0.29, 0.717) is 30.2 Å². The lowest BCUT2D eigenvalue weighted by Crippen LogP contribution is -2.34. The van der Waals surface area contributed by atoms with Crippen LogP contribution in [-0.4, -0.2) is 39.2 Å². The molecule has 0 unspecified atom stereocenters. The highest BCUT2D eigenvalue weighted by atomic mass is 19.1. The zero-order valence-electron chi connectivity index (χ0n) is 16.4. The Morgan fingerprint density at radius 2 is 2.00 bits per heavy atom. The maximum absolute atomic E-state index is 14.4. The second-order valence-corrected chi connectivity index (χ2v) is 7.90. The lowest BCUT2D eigenvalue weighted by molar-refractivity contribution is -0.146. The van der Waals surface area contributed by atoms with Gasteiger partial charge in [0.2, 0.25) is 5.95 Å². The number of carbonyl (C=O) groups is 1. The molecule has 2 aliphatic carbocycles. The Labute approximate surface area is 168 Å². The third-order valence-electron chi connectivity index (χ3n) is 5.99. The number of carbonyl (C=O) groups excluding carboxylic acids is 1. The number of nitrogens with one attached hydrogen (secondary N) is 1. The van der Waals surface area contributed by atoms with Gasteiger partial charge in [-0.3, -0.25) is 4.79 Å². The summed E-state index contributed by atoms with van der Waals surface area (Å²) in [6.07, 6.45) is 6.47. The summed E-state index contributed by atoms with van der Waals surface area (Å²) in [6.45, 7) is 0. The summed E-state index contributed by atoms with van der Waals surface area (Å²) in [7, 11) is 1.41. The summed E-state index contributed by atoms with van der Waals surface area (Å²) in [5.74, 6) is -0.456. The van der Waals surface area contributed by atoms with Gasteiger partial charge in [-0.05, 0) is 57.1 Å². The van der Waals surface area contributed by atoms with Crippen molar-refractivity contribution in [2.45, 2.75) is 56.6 Å². The lowest BCUT2D eigenvalue weighted by Gasteiger charge is -2.36.